The van der Waals surface area contributed by atoms with E-state index < -0.39 is 5.63 Å². The molecule has 2 aromatic carbocycles. The van der Waals surface area contributed by atoms with Crippen molar-refractivity contribution >= 4 is 16.9 Å². The molecule has 1 amide bonds. The van der Waals surface area contributed by atoms with Crippen molar-refractivity contribution in [1.29, 1.82) is 0 Å². The minimum Gasteiger partial charge on any atom is -0.497 e. The summed E-state index contributed by atoms with van der Waals surface area (Å²) in [6.07, 6.45) is 0. The minimum absolute atomic E-state index is 0.0195. The largest absolute Gasteiger partial charge is 0.497 e. The molecule has 0 saturated heterocycles. The molecule has 0 aliphatic carbocycles. The van der Waals surface area contributed by atoms with Crippen LogP contribution in [0.15, 0.2) is 63.8 Å². The SMILES string of the molecule is COc1ccc2cc(C(=O)N(C)Cc3ccccc3)c(=O)oc2c1. The van der Waals surface area contributed by atoms with Gasteiger partial charge >= 0.3 is 5.63 Å². The molecule has 3 aromatic rings. The summed E-state index contributed by atoms with van der Waals surface area (Å²) in [5.74, 6) is 0.219. The first kappa shape index (κ1) is 15.8. The molecule has 0 fully saturated rings. The molecule has 5 nitrogen and oxygen atoms in total. The van der Waals surface area contributed by atoms with E-state index in [1.807, 2.05) is 30.3 Å². The lowest BCUT2D eigenvalue weighted by Gasteiger charge is -2.16. The van der Waals surface area contributed by atoms with E-state index in [1.54, 1.807) is 31.3 Å². The Balaban J connectivity index is 1.91. The fourth-order valence-corrected chi connectivity index (χ4v) is 2.50. The van der Waals surface area contributed by atoms with Crippen molar-refractivity contribution in [2.45, 2.75) is 6.54 Å². The summed E-state index contributed by atoms with van der Waals surface area (Å²) in [7, 11) is 3.20. The first-order chi connectivity index (χ1) is 11.6. The molecule has 1 aromatic heterocycles. The summed E-state index contributed by atoms with van der Waals surface area (Å²) in [4.78, 5) is 26.3. The maximum atomic E-state index is 12.6. The number of benzene rings is 2. The smallest absolute Gasteiger partial charge is 0.349 e. The summed E-state index contributed by atoms with van der Waals surface area (Å²) in [6, 6.07) is 16.3. The third kappa shape index (κ3) is 3.15. The molecule has 0 bridgehead atoms. The Morgan fingerprint density at radius 2 is 1.88 bits per heavy atom. The van der Waals surface area contributed by atoms with Crippen LogP contribution in [0.4, 0.5) is 0 Å². The van der Waals surface area contributed by atoms with Crippen LogP contribution in [0, 0.1) is 0 Å². The van der Waals surface area contributed by atoms with Crippen LogP contribution in [0.25, 0.3) is 11.0 Å². The molecule has 122 valence electrons. The molecule has 1 heterocycles. The van der Waals surface area contributed by atoms with E-state index in [1.165, 1.54) is 12.0 Å². The normalized spacial score (nSPS) is 10.6. The van der Waals surface area contributed by atoms with Crippen LogP contribution in [0.2, 0.25) is 0 Å². The summed E-state index contributed by atoms with van der Waals surface area (Å²) >= 11 is 0. The fraction of sp³-hybridized carbons (Fsp3) is 0.158. The highest BCUT2D eigenvalue weighted by atomic mass is 16.5. The Hall–Kier alpha value is -3.08. The van der Waals surface area contributed by atoms with Crippen LogP contribution in [0.1, 0.15) is 15.9 Å². The molecular weight excluding hydrogens is 306 g/mol. The summed E-state index contributed by atoms with van der Waals surface area (Å²) in [5, 5.41) is 0.673. The average molecular weight is 323 g/mol. The zero-order chi connectivity index (χ0) is 17.1. The van der Waals surface area contributed by atoms with Gasteiger partial charge in [-0.1, -0.05) is 30.3 Å². The van der Waals surface area contributed by atoms with Gasteiger partial charge in [-0.05, 0) is 23.8 Å². The number of fused-ring (bicyclic) bond motifs is 1. The van der Waals surface area contributed by atoms with Gasteiger partial charge in [-0.2, -0.15) is 0 Å². The molecule has 5 heteroatoms. The molecular formula is C19H17NO4. The Labute approximate surface area is 139 Å². The first-order valence-electron chi connectivity index (χ1n) is 7.50. The second-order valence-corrected chi connectivity index (χ2v) is 5.50. The van der Waals surface area contributed by atoms with Gasteiger partial charge in [0.05, 0.1) is 7.11 Å². The Bertz CT molecular complexity index is 931. The van der Waals surface area contributed by atoms with Gasteiger partial charge in [0, 0.05) is 25.0 Å². The predicted molar refractivity (Wildman–Crippen MR) is 91.3 cm³/mol. The maximum Gasteiger partial charge on any atom is 0.349 e. The van der Waals surface area contributed by atoms with E-state index in [0.717, 1.165) is 5.56 Å². The molecule has 0 saturated carbocycles. The molecule has 0 spiro atoms. The van der Waals surface area contributed by atoms with Crippen LogP contribution in [0.5, 0.6) is 5.75 Å². The molecule has 0 unspecified atom stereocenters. The molecule has 0 N–H and O–H groups in total. The average Bonchev–Trinajstić information content (AvgIpc) is 2.60. The van der Waals surface area contributed by atoms with Crippen LogP contribution in [-0.2, 0) is 6.54 Å². The van der Waals surface area contributed by atoms with Gasteiger partial charge in [0.15, 0.2) is 0 Å². The highest BCUT2D eigenvalue weighted by Gasteiger charge is 2.18. The molecule has 0 atom stereocenters. The van der Waals surface area contributed by atoms with Crippen LogP contribution in [0.3, 0.4) is 0 Å². The fourth-order valence-electron chi connectivity index (χ4n) is 2.50. The highest BCUT2D eigenvalue weighted by Crippen LogP contribution is 2.20. The van der Waals surface area contributed by atoms with Crippen molar-refractivity contribution in [3.05, 3.63) is 76.1 Å². The zero-order valence-electron chi connectivity index (χ0n) is 13.5. The topological polar surface area (TPSA) is 59.8 Å². The van der Waals surface area contributed by atoms with Crippen molar-refractivity contribution in [1.82, 2.24) is 4.90 Å². The zero-order valence-corrected chi connectivity index (χ0v) is 13.5. The number of hydrogen-bond acceptors (Lipinski definition) is 4. The van der Waals surface area contributed by atoms with Gasteiger partial charge in [0.1, 0.15) is 16.9 Å². The van der Waals surface area contributed by atoms with E-state index in [2.05, 4.69) is 0 Å². The molecule has 0 aliphatic rings. The van der Waals surface area contributed by atoms with E-state index in [0.29, 0.717) is 23.3 Å². The van der Waals surface area contributed by atoms with E-state index >= 15 is 0 Å². The Morgan fingerprint density at radius 1 is 1.12 bits per heavy atom. The van der Waals surface area contributed by atoms with Crippen molar-refractivity contribution in [2.75, 3.05) is 14.2 Å². The van der Waals surface area contributed by atoms with Crippen molar-refractivity contribution in [3.63, 3.8) is 0 Å². The molecule has 0 radical (unpaired) electrons. The van der Waals surface area contributed by atoms with Gasteiger partial charge in [-0.3, -0.25) is 4.79 Å². The van der Waals surface area contributed by atoms with E-state index in [9.17, 15) is 9.59 Å². The standard InChI is InChI=1S/C19H17NO4/c1-20(12-13-6-4-3-5-7-13)18(21)16-10-14-8-9-15(23-2)11-17(14)24-19(16)22/h3-11H,12H2,1-2H3. The Morgan fingerprint density at radius 3 is 2.58 bits per heavy atom. The van der Waals surface area contributed by atoms with Crippen LogP contribution in [-0.4, -0.2) is 25.0 Å². The summed E-state index contributed by atoms with van der Waals surface area (Å²) in [5.41, 5.74) is 0.747. The lowest BCUT2D eigenvalue weighted by molar-refractivity contribution is 0.0781. The van der Waals surface area contributed by atoms with Gasteiger partial charge in [-0.15, -0.1) is 0 Å². The number of nitrogens with zero attached hydrogens (tertiary/aromatic N) is 1. The summed E-state index contributed by atoms with van der Waals surface area (Å²) < 4.78 is 10.4. The lowest BCUT2D eigenvalue weighted by atomic mass is 10.1. The number of methoxy groups -OCH3 is 1. The van der Waals surface area contributed by atoms with Crippen LogP contribution < -0.4 is 10.4 Å². The van der Waals surface area contributed by atoms with E-state index in [4.69, 9.17) is 9.15 Å². The molecule has 0 aliphatic heterocycles. The molecule has 24 heavy (non-hydrogen) atoms. The number of carbonyl (C=O) groups is 1. The lowest BCUT2D eigenvalue weighted by Crippen LogP contribution is -2.30. The van der Waals surface area contributed by atoms with Crippen molar-refractivity contribution < 1.29 is 13.9 Å². The third-order valence-corrected chi connectivity index (χ3v) is 3.78. The van der Waals surface area contributed by atoms with Crippen LogP contribution >= 0.6 is 0 Å². The van der Waals surface area contributed by atoms with Crippen molar-refractivity contribution in [2.24, 2.45) is 0 Å². The third-order valence-electron chi connectivity index (χ3n) is 3.78. The second-order valence-electron chi connectivity index (χ2n) is 5.50. The van der Waals surface area contributed by atoms with Gasteiger partial charge in [0.25, 0.3) is 5.91 Å². The Kier molecular flexibility index (Phi) is 4.33. The number of ether oxygens (including phenoxy) is 1. The van der Waals surface area contributed by atoms with Gasteiger partial charge in [0.2, 0.25) is 0 Å². The first-order valence-corrected chi connectivity index (χ1v) is 7.50. The summed E-state index contributed by atoms with van der Waals surface area (Å²) in [6.45, 7) is 0.416. The maximum absolute atomic E-state index is 12.6. The number of carbonyl (C=O) groups excluding carboxylic acids is 1. The minimum atomic E-state index is -0.652. The second kappa shape index (κ2) is 6.58. The highest BCUT2D eigenvalue weighted by molar-refractivity contribution is 5.96. The monoisotopic (exact) mass is 323 g/mol. The quantitative estimate of drug-likeness (QED) is 0.692. The van der Waals surface area contributed by atoms with Gasteiger partial charge in [-0.25, -0.2) is 4.79 Å². The van der Waals surface area contributed by atoms with Gasteiger partial charge < -0.3 is 14.1 Å². The van der Waals surface area contributed by atoms with E-state index in [-0.39, 0.29) is 11.5 Å². The predicted octanol–water partition coefficient (Wildman–Crippen LogP) is 3.07. The van der Waals surface area contributed by atoms with Crippen molar-refractivity contribution in [3.8, 4) is 5.75 Å². The number of amides is 1. The molecule has 3 rings (SSSR count). The number of rotatable bonds is 4. The number of hydrogen-bond donors (Lipinski definition) is 0.